The quantitative estimate of drug-likeness (QED) is 0.788. The van der Waals surface area contributed by atoms with Crippen LogP contribution in [0.25, 0.3) is 0 Å². The maximum atomic E-state index is 12.4. The van der Waals surface area contributed by atoms with Gasteiger partial charge in [0.25, 0.3) is 0 Å². The van der Waals surface area contributed by atoms with E-state index in [1.807, 2.05) is 12.1 Å². The number of rotatable bonds is 8. The first-order chi connectivity index (χ1) is 12.0. The van der Waals surface area contributed by atoms with E-state index >= 15 is 0 Å². The molecule has 2 aromatic rings. The van der Waals surface area contributed by atoms with Crippen LogP contribution in [0.3, 0.4) is 0 Å². The summed E-state index contributed by atoms with van der Waals surface area (Å²) in [6.45, 7) is 11.1. The molecule has 25 heavy (non-hydrogen) atoms. The summed E-state index contributed by atoms with van der Waals surface area (Å²) in [5.41, 5.74) is 4.81. The van der Waals surface area contributed by atoms with Gasteiger partial charge in [-0.3, -0.25) is 9.69 Å². The predicted octanol–water partition coefficient (Wildman–Crippen LogP) is 4.05. The zero-order valence-corrected chi connectivity index (χ0v) is 15.9. The Morgan fingerprint density at radius 2 is 1.68 bits per heavy atom. The molecule has 1 unspecified atom stereocenters. The van der Waals surface area contributed by atoms with E-state index in [2.05, 4.69) is 74.3 Å². The van der Waals surface area contributed by atoms with E-state index in [1.165, 1.54) is 16.7 Å². The summed E-state index contributed by atoms with van der Waals surface area (Å²) in [4.78, 5) is 14.8. The Hall–Kier alpha value is -2.13. The number of hydrogen-bond donors (Lipinski definition) is 1. The Balaban J connectivity index is 2.01. The Bertz CT molecular complexity index is 678. The van der Waals surface area contributed by atoms with E-state index in [9.17, 15) is 4.79 Å². The van der Waals surface area contributed by atoms with Gasteiger partial charge in [0, 0.05) is 6.54 Å². The maximum Gasteiger partial charge on any atom is 0.224 e. The minimum atomic E-state index is 0.0799. The van der Waals surface area contributed by atoms with Crippen molar-refractivity contribution < 1.29 is 4.79 Å². The van der Waals surface area contributed by atoms with Crippen molar-refractivity contribution in [3.05, 3.63) is 70.8 Å². The molecule has 2 aromatic carbocycles. The molecule has 0 spiro atoms. The van der Waals surface area contributed by atoms with Gasteiger partial charge in [0.2, 0.25) is 5.91 Å². The van der Waals surface area contributed by atoms with Gasteiger partial charge in [-0.15, -0.1) is 0 Å². The normalized spacial score (nSPS) is 12.2. The summed E-state index contributed by atoms with van der Waals surface area (Å²) in [6.07, 6.45) is 0.431. The topological polar surface area (TPSA) is 32.3 Å². The van der Waals surface area contributed by atoms with Crippen LogP contribution in [0.4, 0.5) is 0 Å². The van der Waals surface area contributed by atoms with Gasteiger partial charge in [-0.2, -0.15) is 0 Å². The smallest absolute Gasteiger partial charge is 0.224 e. The number of nitrogens with zero attached hydrogens (tertiary/aromatic N) is 1. The lowest BCUT2D eigenvalue weighted by Crippen LogP contribution is -2.38. The van der Waals surface area contributed by atoms with Crippen molar-refractivity contribution in [2.24, 2.45) is 0 Å². The van der Waals surface area contributed by atoms with Gasteiger partial charge in [-0.05, 0) is 49.2 Å². The van der Waals surface area contributed by atoms with Crippen molar-refractivity contribution in [1.82, 2.24) is 10.2 Å². The summed E-state index contributed by atoms with van der Waals surface area (Å²) in [5, 5.41) is 3.13. The molecular weight excluding hydrogens is 308 g/mol. The third-order valence-corrected chi connectivity index (χ3v) is 4.87. The molecule has 0 aliphatic heterocycles. The number of carbonyl (C=O) groups is 1. The lowest BCUT2D eigenvalue weighted by Gasteiger charge is -2.30. The van der Waals surface area contributed by atoms with E-state index < -0.39 is 0 Å². The van der Waals surface area contributed by atoms with Crippen molar-refractivity contribution in [2.45, 2.75) is 40.2 Å². The highest BCUT2D eigenvalue weighted by Gasteiger charge is 2.18. The second kappa shape index (κ2) is 9.38. The molecule has 0 aromatic heterocycles. The molecule has 0 aliphatic rings. The fourth-order valence-electron chi connectivity index (χ4n) is 3.17. The van der Waals surface area contributed by atoms with Crippen molar-refractivity contribution in [2.75, 3.05) is 19.6 Å². The van der Waals surface area contributed by atoms with Crippen LogP contribution in [-0.4, -0.2) is 30.4 Å². The minimum absolute atomic E-state index is 0.0799. The average molecular weight is 338 g/mol. The van der Waals surface area contributed by atoms with Crippen molar-refractivity contribution >= 4 is 5.91 Å². The fourth-order valence-corrected chi connectivity index (χ4v) is 3.17. The first-order valence-electron chi connectivity index (χ1n) is 9.17. The summed E-state index contributed by atoms with van der Waals surface area (Å²) in [5.74, 6) is 0.0799. The Morgan fingerprint density at radius 1 is 1.00 bits per heavy atom. The van der Waals surface area contributed by atoms with Crippen molar-refractivity contribution in [3.63, 3.8) is 0 Å². The molecular formula is C22H30N2O. The molecule has 2 rings (SSSR count). The standard InChI is InChI=1S/C22H30N2O/c1-5-24(6-2)21(20-10-8-7-9-11-20)16-23-22(25)15-19-13-12-17(3)18(4)14-19/h7-14,21H,5-6,15-16H2,1-4H3,(H,23,25). The van der Waals surface area contributed by atoms with Crippen LogP contribution in [-0.2, 0) is 11.2 Å². The molecule has 0 heterocycles. The van der Waals surface area contributed by atoms with Gasteiger partial charge in [0.15, 0.2) is 0 Å². The molecule has 3 nitrogen and oxygen atoms in total. The van der Waals surface area contributed by atoms with E-state index in [0.717, 1.165) is 18.7 Å². The largest absolute Gasteiger partial charge is 0.354 e. The predicted molar refractivity (Wildman–Crippen MR) is 105 cm³/mol. The SMILES string of the molecule is CCN(CC)C(CNC(=O)Cc1ccc(C)c(C)c1)c1ccccc1. The second-order valence-corrected chi connectivity index (χ2v) is 6.55. The van der Waals surface area contributed by atoms with Gasteiger partial charge in [-0.25, -0.2) is 0 Å². The molecule has 0 radical (unpaired) electrons. The van der Waals surface area contributed by atoms with Crippen LogP contribution in [0, 0.1) is 13.8 Å². The molecule has 1 amide bonds. The number of hydrogen-bond acceptors (Lipinski definition) is 2. The van der Waals surface area contributed by atoms with E-state index in [0.29, 0.717) is 13.0 Å². The molecule has 1 atom stereocenters. The first kappa shape index (κ1) is 19.2. The van der Waals surface area contributed by atoms with Crippen LogP contribution in [0.5, 0.6) is 0 Å². The van der Waals surface area contributed by atoms with E-state index in [-0.39, 0.29) is 11.9 Å². The lowest BCUT2D eigenvalue weighted by molar-refractivity contribution is -0.120. The number of likely N-dealkylation sites (N-methyl/N-ethyl adjacent to an activating group) is 1. The minimum Gasteiger partial charge on any atom is -0.354 e. The van der Waals surface area contributed by atoms with Crippen LogP contribution >= 0.6 is 0 Å². The van der Waals surface area contributed by atoms with Crippen LogP contribution in [0.2, 0.25) is 0 Å². The molecule has 3 heteroatoms. The monoisotopic (exact) mass is 338 g/mol. The lowest BCUT2D eigenvalue weighted by atomic mass is 10.0. The van der Waals surface area contributed by atoms with Gasteiger partial charge in [-0.1, -0.05) is 62.4 Å². The van der Waals surface area contributed by atoms with Crippen molar-refractivity contribution in [1.29, 1.82) is 0 Å². The van der Waals surface area contributed by atoms with Gasteiger partial charge >= 0.3 is 0 Å². The average Bonchev–Trinajstić information content (AvgIpc) is 2.62. The Labute approximate surface area is 152 Å². The molecule has 0 aliphatic carbocycles. The first-order valence-corrected chi connectivity index (χ1v) is 9.17. The molecule has 0 fully saturated rings. The highest BCUT2D eigenvalue weighted by molar-refractivity contribution is 5.78. The van der Waals surface area contributed by atoms with Gasteiger partial charge in [0.05, 0.1) is 12.5 Å². The number of benzene rings is 2. The Kier molecular flexibility index (Phi) is 7.20. The number of aryl methyl sites for hydroxylation is 2. The molecule has 0 bridgehead atoms. The van der Waals surface area contributed by atoms with Crippen molar-refractivity contribution in [3.8, 4) is 0 Å². The second-order valence-electron chi connectivity index (χ2n) is 6.55. The van der Waals surface area contributed by atoms with Crippen LogP contribution in [0.1, 0.15) is 42.1 Å². The van der Waals surface area contributed by atoms with Crippen LogP contribution < -0.4 is 5.32 Å². The zero-order chi connectivity index (χ0) is 18.2. The number of amides is 1. The third-order valence-electron chi connectivity index (χ3n) is 4.87. The number of nitrogens with one attached hydrogen (secondary N) is 1. The summed E-state index contributed by atoms with van der Waals surface area (Å²) < 4.78 is 0. The Morgan fingerprint density at radius 3 is 2.28 bits per heavy atom. The maximum absolute atomic E-state index is 12.4. The van der Waals surface area contributed by atoms with Crippen LogP contribution in [0.15, 0.2) is 48.5 Å². The van der Waals surface area contributed by atoms with E-state index in [1.54, 1.807) is 0 Å². The highest BCUT2D eigenvalue weighted by Crippen LogP contribution is 2.19. The third kappa shape index (κ3) is 5.43. The van der Waals surface area contributed by atoms with Gasteiger partial charge < -0.3 is 5.32 Å². The van der Waals surface area contributed by atoms with E-state index in [4.69, 9.17) is 0 Å². The summed E-state index contributed by atoms with van der Waals surface area (Å²) >= 11 is 0. The summed E-state index contributed by atoms with van der Waals surface area (Å²) in [7, 11) is 0. The summed E-state index contributed by atoms with van der Waals surface area (Å²) in [6, 6.07) is 16.9. The number of carbonyl (C=O) groups excluding carboxylic acids is 1. The molecule has 1 N–H and O–H groups in total. The fraction of sp³-hybridized carbons (Fsp3) is 0.409. The molecule has 0 saturated carbocycles. The zero-order valence-electron chi connectivity index (χ0n) is 15.9. The highest BCUT2D eigenvalue weighted by atomic mass is 16.1. The molecule has 134 valence electrons. The van der Waals surface area contributed by atoms with Gasteiger partial charge in [0.1, 0.15) is 0 Å². The molecule has 0 saturated heterocycles.